The van der Waals surface area contributed by atoms with Gasteiger partial charge in [-0.1, -0.05) is 70.9 Å². The number of anilines is 2. The van der Waals surface area contributed by atoms with E-state index in [2.05, 4.69) is 92.3 Å². The predicted molar refractivity (Wildman–Crippen MR) is 326 cm³/mol. The maximum absolute atomic E-state index is 13.4. The number of fused-ring (bicyclic) bond motifs is 10. The van der Waals surface area contributed by atoms with Crippen LogP contribution in [-0.2, 0) is 27.5 Å². The average Bonchev–Trinajstić information content (AvgIpc) is 4.06. The third-order valence-corrected chi connectivity index (χ3v) is 18.2. The lowest BCUT2D eigenvalue weighted by molar-refractivity contribution is -0.132. The molecule has 0 radical (unpaired) electrons. The van der Waals surface area contributed by atoms with Crippen molar-refractivity contribution in [2.75, 3.05) is 81.9 Å². The molecule has 6 heterocycles. The molecule has 1 amide bonds. The van der Waals surface area contributed by atoms with Gasteiger partial charge in [0.1, 0.15) is 24.7 Å². The minimum Gasteiger partial charge on any atom is -0.489 e. The number of likely N-dealkylation sites (tertiary alicyclic amines) is 2. The van der Waals surface area contributed by atoms with Gasteiger partial charge in [0.15, 0.2) is 11.5 Å². The fourth-order valence-electron chi connectivity index (χ4n) is 14.6. The summed E-state index contributed by atoms with van der Waals surface area (Å²) in [6, 6.07) is 25.5. The smallest absolute Gasteiger partial charge is 0.308 e. The molecule has 4 aromatic carbocycles. The lowest BCUT2D eigenvalue weighted by Gasteiger charge is -2.32. The lowest BCUT2D eigenvalue weighted by Crippen LogP contribution is -2.43. The van der Waals surface area contributed by atoms with Crippen LogP contribution < -0.4 is 28.7 Å². The number of hydrogen-bond acceptors (Lipinski definition) is 10. The predicted octanol–water partition coefficient (Wildman–Crippen LogP) is 14.3. The van der Waals surface area contributed by atoms with E-state index in [9.17, 15) is 14.4 Å². The van der Waals surface area contributed by atoms with Crippen LogP contribution >= 0.6 is 0 Å². The van der Waals surface area contributed by atoms with E-state index in [1.807, 2.05) is 23.1 Å². The molecule has 2 saturated carbocycles. The summed E-state index contributed by atoms with van der Waals surface area (Å²) in [7, 11) is 0. The van der Waals surface area contributed by atoms with E-state index >= 15 is 0 Å². The molecule has 2 aliphatic carbocycles. The molecule has 432 valence electrons. The van der Waals surface area contributed by atoms with Crippen LogP contribution in [0, 0.1) is 0 Å². The van der Waals surface area contributed by atoms with Gasteiger partial charge < -0.3 is 47.7 Å². The summed E-state index contributed by atoms with van der Waals surface area (Å²) >= 11 is 0. The van der Waals surface area contributed by atoms with Crippen LogP contribution in [-0.4, -0.2) is 109 Å². The second kappa shape index (κ2) is 26.2. The van der Waals surface area contributed by atoms with Crippen molar-refractivity contribution in [3.63, 3.8) is 0 Å². The molecule has 0 atom stereocenters. The van der Waals surface area contributed by atoms with Crippen LogP contribution in [0.3, 0.4) is 0 Å². The standard InChI is InChI=1S/C34H43N3O4.C34H45N3O3/c1-3-17-36(23-31(39)35-18-8-5-9-19-35)29-14-10-13-28-33-32(25-11-6-4-7-12-25)27-16-15-26(41-24(2)38)22-30(27)37(33)20-21-40-34(28)29;1-3-17-36(21-20-35-18-8-5-9-19-35)30-14-10-13-29-33-32(26-11-6-4-7-12-26)28-16-15-27(40-25(2)38)24-31(28)37(33)22-23-39-34(29)30/h10,13-16,22,25H,3-9,11-12,17-21,23H2,1-2H3;10,13-16,24,26H,3-9,11-12,17-23H2,1-2H3. The van der Waals surface area contributed by atoms with Crippen molar-refractivity contribution in [3.05, 3.63) is 83.9 Å². The Morgan fingerprint density at radius 1 is 0.531 bits per heavy atom. The highest BCUT2D eigenvalue weighted by atomic mass is 16.5. The highest BCUT2D eigenvalue weighted by Gasteiger charge is 2.34. The Kier molecular flexibility index (Phi) is 18.2. The van der Waals surface area contributed by atoms with Crippen molar-refractivity contribution in [1.29, 1.82) is 0 Å². The summed E-state index contributed by atoms with van der Waals surface area (Å²) < 4.78 is 29.1. The number of amides is 1. The Balaban J connectivity index is 0.000000170. The number of carbonyl (C=O) groups is 3. The van der Waals surface area contributed by atoms with Crippen molar-refractivity contribution in [2.24, 2.45) is 0 Å². The van der Waals surface area contributed by atoms with Crippen LogP contribution in [0.25, 0.3) is 44.3 Å². The van der Waals surface area contributed by atoms with Crippen molar-refractivity contribution in [2.45, 2.75) is 168 Å². The SMILES string of the molecule is CCCN(CC(=O)N1CCCCC1)c1cccc2c1OCCn1c-2c(C2CCCCC2)c2ccc(OC(C)=O)cc21.CCCN(CCN1CCCCC1)c1cccc2c1OCCn1c-2c(C2CCCCC2)c2ccc(OC(C)=O)cc21. The number of para-hydroxylation sites is 2. The van der Waals surface area contributed by atoms with E-state index in [4.69, 9.17) is 18.9 Å². The molecule has 6 aliphatic rings. The second-order valence-corrected chi connectivity index (χ2v) is 23.8. The first-order valence-electron chi connectivity index (χ1n) is 31.4. The van der Waals surface area contributed by atoms with E-state index in [0.717, 1.165) is 105 Å². The van der Waals surface area contributed by atoms with Crippen LogP contribution in [0.15, 0.2) is 72.8 Å². The first-order chi connectivity index (χ1) is 39.7. The van der Waals surface area contributed by atoms with Gasteiger partial charge in [-0.25, -0.2) is 0 Å². The highest BCUT2D eigenvalue weighted by Crippen LogP contribution is 2.52. The third kappa shape index (κ3) is 12.4. The zero-order valence-corrected chi connectivity index (χ0v) is 49.0. The minimum absolute atomic E-state index is 0.208. The zero-order valence-electron chi connectivity index (χ0n) is 49.0. The summed E-state index contributed by atoms with van der Waals surface area (Å²) in [4.78, 5) is 46.4. The quantitative estimate of drug-likeness (QED) is 0.0728. The van der Waals surface area contributed by atoms with Crippen LogP contribution in [0.1, 0.15) is 166 Å². The number of hydrogen-bond donors (Lipinski definition) is 0. The maximum Gasteiger partial charge on any atom is 0.308 e. The molecule has 2 aromatic heterocycles. The number of aromatic nitrogens is 2. The number of rotatable bonds is 15. The van der Waals surface area contributed by atoms with Gasteiger partial charge in [-0.05, 0) is 155 Å². The highest BCUT2D eigenvalue weighted by molar-refractivity contribution is 5.98. The fraction of sp³-hybridized carbons (Fsp3) is 0.544. The summed E-state index contributed by atoms with van der Waals surface area (Å²) in [6.45, 7) is 18.5. The van der Waals surface area contributed by atoms with Gasteiger partial charge in [-0.15, -0.1) is 0 Å². The summed E-state index contributed by atoms with van der Waals surface area (Å²) in [6.07, 6.45) is 22.0. The Morgan fingerprint density at radius 3 is 1.47 bits per heavy atom. The Morgan fingerprint density at radius 2 is 0.988 bits per heavy atom. The maximum atomic E-state index is 13.4. The molecule has 4 aliphatic heterocycles. The third-order valence-electron chi connectivity index (χ3n) is 18.2. The van der Waals surface area contributed by atoms with Crippen molar-refractivity contribution in [3.8, 4) is 45.5 Å². The van der Waals surface area contributed by atoms with Gasteiger partial charge in [0.05, 0.1) is 53.4 Å². The van der Waals surface area contributed by atoms with Crippen LogP contribution in [0.2, 0.25) is 0 Å². The number of esters is 2. The largest absolute Gasteiger partial charge is 0.489 e. The Hall–Kier alpha value is -6.47. The molecule has 0 N–H and O–H groups in total. The van der Waals surface area contributed by atoms with Crippen molar-refractivity contribution < 1.29 is 33.3 Å². The molecule has 6 aromatic rings. The summed E-state index contributed by atoms with van der Waals surface area (Å²) in [5.41, 5.74) is 12.2. The summed E-state index contributed by atoms with van der Waals surface area (Å²) in [5.74, 6) is 3.73. The molecule has 0 bridgehead atoms. The zero-order chi connectivity index (χ0) is 55.8. The van der Waals surface area contributed by atoms with Gasteiger partial charge in [-0.3, -0.25) is 14.4 Å². The minimum atomic E-state index is -0.312. The molecule has 0 unspecified atom stereocenters. The second-order valence-electron chi connectivity index (χ2n) is 23.8. The molecule has 81 heavy (non-hydrogen) atoms. The van der Waals surface area contributed by atoms with Crippen molar-refractivity contribution in [1.82, 2.24) is 18.9 Å². The number of ether oxygens (including phenoxy) is 4. The number of carbonyl (C=O) groups excluding carboxylic acids is 3. The molecular weight excluding hydrogens is 1010 g/mol. The van der Waals surface area contributed by atoms with Crippen LogP contribution in [0.4, 0.5) is 11.4 Å². The van der Waals surface area contributed by atoms with E-state index in [1.54, 1.807) is 0 Å². The van der Waals surface area contributed by atoms with E-state index in [1.165, 1.54) is 161 Å². The van der Waals surface area contributed by atoms with Gasteiger partial charge in [0.2, 0.25) is 5.91 Å². The van der Waals surface area contributed by atoms with Gasteiger partial charge in [-0.2, -0.15) is 0 Å². The van der Waals surface area contributed by atoms with Gasteiger partial charge >= 0.3 is 11.9 Å². The van der Waals surface area contributed by atoms with E-state index in [-0.39, 0.29) is 17.8 Å². The number of piperidine rings is 2. The van der Waals surface area contributed by atoms with Crippen LogP contribution in [0.5, 0.6) is 23.0 Å². The monoisotopic (exact) mass is 1100 g/mol. The lowest BCUT2D eigenvalue weighted by atomic mass is 9.81. The van der Waals surface area contributed by atoms with Crippen molar-refractivity contribution >= 4 is 51.0 Å². The molecule has 13 nitrogen and oxygen atoms in total. The topological polar surface area (TPSA) is 111 Å². The molecule has 0 spiro atoms. The fourth-order valence-corrected chi connectivity index (χ4v) is 14.6. The normalized spacial score (nSPS) is 17.7. The molecule has 4 fully saturated rings. The number of benzene rings is 4. The average molecular weight is 1100 g/mol. The van der Waals surface area contributed by atoms with E-state index < -0.39 is 0 Å². The van der Waals surface area contributed by atoms with Gasteiger partial charge in [0.25, 0.3) is 0 Å². The summed E-state index contributed by atoms with van der Waals surface area (Å²) in [5, 5.41) is 2.54. The van der Waals surface area contributed by atoms with E-state index in [0.29, 0.717) is 49.6 Å². The number of nitrogens with zero attached hydrogens (tertiary/aromatic N) is 6. The van der Waals surface area contributed by atoms with Gasteiger partial charge in [0, 0.05) is 87.1 Å². The Bertz CT molecular complexity index is 3170. The first-order valence-corrected chi connectivity index (χ1v) is 31.4. The molecule has 12 rings (SSSR count). The molecule has 13 heteroatoms. The molecule has 2 saturated heterocycles. The Labute approximate surface area is 480 Å². The first kappa shape index (κ1) is 56.4. The molecular formula is C68H88N6O7.